The Labute approximate surface area is 143 Å². The van der Waals surface area contributed by atoms with E-state index in [4.69, 9.17) is 5.73 Å². The fraction of sp³-hybridized carbons (Fsp3) is 0. The number of nitrogens with one attached hydrogen (secondary N) is 1. The van der Waals surface area contributed by atoms with E-state index in [0.29, 0.717) is 11.1 Å². The van der Waals surface area contributed by atoms with Gasteiger partial charge in [-0.2, -0.15) is 11.3 Å². The minimum atomic E-state index is -3.73. The topological polar surface area (TPSA) is 89.3 Å². The number of hydrogen-bond acceptors (Lipinski definition) is 5. The van der Waals surface area contributed by atoms with Gasteiger partial charge in [-0.15, -0.1) is 0 Å². The first-order valence-electron chi connectivity index (χ1n) is 7.02. The van der Waals surface area contributed by atoms with Crippen LogP contribution in [0.4, 0.5) is 11.4 Å². The maximum absolute atomic E-state index is 12.5. The maximum Gasteiger partial charge on any atom is 0.262 e. The summed E-state index contributed by atoms with van der Waals surface area (Å²) in [4.78, 5) is 12.6. The zero-order chi connectivity index (χ0) is 17.2. The van der Waals surface area contributed by atoms with Crippen LogP contribution in [0.3, 0.4) is 0 Å². The number of carbonyl (C=O) groups is 1. The summed E-state index contributed by atoms with van der Waals surface area (Å²) in [7, 11) is -3.73. The smallest absolute Gasteiger partial charge is 0.262 e. The lowest BCUT2D eigenvalue weighted by Crippen LogP contribution is -2.14. The van der Waals surface area contributed by atoms with Crippen molar-refractivity contribution in [2.24, 2.45) is 0 Å². The van der Waals surface area contributed by atoms with Crippen LogP contribution in [0.2, 0.25) is 0 Å². The van der Waals surface area contributed by atoms with Gasteiger partial charge in [0.1, 0.15) is 0 Å². The number of rotatable bonds is 5. The van der Waals surface area contributed by atoms with Crippen molar-refractivity contribution in [1.82, 2.24) is 0 Å². The Hall–Kier alpha value is -2.64. The van der Waals surface area contributed by atoms with E-state index < -0.39 is 10.0 Å². The third-order valence-corrected chi connectivity index (χ3v) is 5.60. The van der Waals surface area contributed by atoms with Crippen LogP contribution in [-0.2, 0) is 10.0 Å². The molecule has 2 aromatic carbocycles. The van der Waals surface area contributed by atoms with E-state index in [1.165, 1.54) is 34.9 Å². The van der Waals surface area contributed by atoms with Crippen LogP contribution in [0.5, 0.6) is 0 Å². The molecule has 0 aliphatic heterocycles. The lowest BCUT2D eigenvalue weighted by molar-refractivity contribution is 0.103. The van der Waals surface area contributed by atoms with Crippen molar-refractivity contribution in [3.63, 3.8) is 0 Å². The van der Waals surface area contributed by atoms with Gasteiger partial charge >= 0.3 is 0 Å². The van der Waals surface area contributed by atoms with Gasteiger partial charge in [0.25, 0.3) is 10.0 Å². The van der Waals surface area contributed by atoms with Gasteiger partial charge in [-0.25, -0.2) is 8.42 Å². The molecule has 0 fully saturated rings. The Morgan fingerprint density at radius 1 is 1.00 bits per heavy atom. The van der Waals surface area contributed by atoms with Crippen LogP contribution in [0.1, 0.15) is 15.9 Å². The maximum atomic E-state index is 12.5. The first kappa shape index (κ1) is 16.2. The zero-order valence-electron chi connectivity index (χ0n) is 12.5. The number of sulfonamides is 1. The molecule has 3 rings (SSSR count). The first-order chi connectivity index (χ1) is 11.5. The van der Waals surface area contributed by atoms with Crippen molar-refractivity contribution in [2.45, 2.75) is 4.90 Å². The largest absolute Gasteiger partial charge is 0.397 e. The standard InChI is InChI=1S/C17H14N2O3S2/c18-15-7-6-13(17(20)12-4-2-1-3-5-12)10-16(15)19-24(21,22)14-8-9-23-11-14/h1-11,19H,18H2. The van der Waals surface area contributed by atoms with Crippen molar-refractivity contribution < 1.29 is 13.2 Å². The van der Waals surface area contributed by atoms with Crippen molar-refractivity contribution in [3.8, 4) is 0 Å². The number of benzene rings is 2. The van der Waals surface area contributed by atoms with Crippen molar-refractivity contribution >= 4 is 38.5 Å². The van der Waals surface area contributed by atoms with Gasteiger partial charge < -0.3 is 5.73 Å². The highest BCUT2D eigenvalue weighted by Gasteiger charge is 2.17. The molecule has 0 saturated carbocycles. The van der Waals surface area contributed by atoms with Crippen molar-refractivity contribution in [2.75, 3.05) is 10.5 Å². The molecule has 0 saturated heterocycles. The summed E-state index contributed by atoms with van der Waals surface area (Å²) in [5.41, 5.74) is 7.17. The van der Waals surface area contributed by atoms with Crippen LogP contribution in [0.25, 0.3) is 0 Å². The molecule has 3 aromatic rings. The molecule has 5 nitrogen and oxygen atoms in total. The molecule has 0 unspecified atom stereocenters. The second kappa shape index (κ2) is 6.46. The van der Waals surface area contributed by atoms with E-state index in [0.717, 1.165) is 0 Å². The SMILES string of the molecule is Nc1ccc(C(=O)c2ccccc2)cc1NS(=O)(=O)c1ccsc1. The van der Waals surface area contributed by atoms with Gasteiger partial charge in [0.2, 0.25) is 0 Å². The van der Waals surface area contributed by atoms with Crippen LogP contribution in [-0.4, -0.2) is 14.2 Å². The molecule has 1 aromatic heterocycles. The zero-order valence-corrected chi connectivity index (χ0v) is 14.1. The van der Waals surface area contributed by atoms with E-state index in [1.807, 2.05) is 6.07 Å². The number of nitrogens with two attached hydrogens (primary N) is 1. The summed E-state index contributed by atoms with van der Waals surface area (Å²) in [6.07, 6.45) is 0. The average molecular weight is 358 g/mol. The molecule has 3 N–H and O–H groups in total. The third-order valence-electron chi connectivity index (χ3n) is 3.40. The Morgan fingerprint density at radius 3 is 2.42 bits per heavy atom. The molecule has 0 aliphatic carbocycles. The molecule has 0 spiro atoms. The number of hydrogen-bond donors (Lipinski definition) is 2. The normalized spacial score (nSPS) is 11.2. The summed E-state index contributed by atoms with van der Waals surface area (Å²) in [6, 6.07) is 14.8. The predicted molar refractivity (Wildman–Crippen MR) is 95.9 cm³/mol. The van der Waals surface area contributed by atoms with Crippen molar-refractivity contribution in [1.29, 1.82) is 0 Å². The number of ketones is 1. The van der Waals surface area contributed by atoms with E-state index >= 15 is 0 Å². The molecule has 0 bridgehead atoms. The molecule has 1 heterocycles. The Morgan fingerprint density at radius 2 is 1.75 bits per heavy atom. The summed E-state index contributed by atoms with van der Waals surface area (Å²) in [5, 5.41) is 3.20. The van der Waals surface area contributed by atoms with Gasteiger partial charge in [0.15, 0.2) is 5.78 Å². The number of nitrogen functional groups attached to an aromatic ring is 1. The quantitative estimate of drug-likeness (QED) is 0.540. The summed E-state index contributed by atoms with van der Waals surface area (Å²) >= 11 is 1.28. The summed E-state index contributed by atoms with van der Waals surface area (Å²) < 4.78 is 27.1. The monoisotopic (exact) mass is 358 g/mol. The van der Waals surface area contributed by atoms with Gasteiger partial charge in [-0.1, -0.05) is 30.3 Å². The van der Waals surface area contributed by atoms with Gasteiger partial charge in [0.05, 0.1) is 16.3 Å². The van der Waals surface area contributed by atoms with E-state index in [9.17, 15) is 13.2 Å². The minimum Gasteiger partial charge on any atom is -0.397 e. The molecule has 0 amide bonds. The molecule has 0 atom stereocenters. The number of carbonyl (C=O) groups excluding carboxylic acids is 1. The Balaban J connectivity index is 1.94. The Kier molecular flexibility index (Phi) is 4.37. The molecular weight excluding hydrogens is 344 g/mol. The Bertz CT molecular complexity index is 966. The van der Waals surface area contributed by atoms with E-state index in [-0.39, 0.29) is 22.1 Å². The van der Waals surface area contributed by atoms with Gasteiger partial charge in [-0.3, -0.25) is 9.52 Å². The van der Waals surface area contributed by atoms with Crippen LogP contribution >= 0.6 is 11.3 Å². The molecular formula is C17H14N2O3S2. The van der Waals surface area contributed by atoms with Crippen LogP contribution < -0.4 is 10.5 Å². The molecule has 0 radical (unpaired) electrons. The molecule has 122 valence electrons. The average Bonchev–Trinajstić information content (AvgIpc) is 3.12. The number of thiophene rings is 1. The van der Waals surface area contributed by atoms with Gasteiger partial charge in [-0.05, 0) is 29.6 Å². The van der Waals surface area contributed by atoms with Crippen LogP contribution in [0.15, 0.2) is 70.3 Å². The highest BCUT2D eigenvalue weighted by atomic mass is 32.2. The highest BCUT2D eigenvalue weighted by molar-refractivity contribution is 7.92. The van der Waals surface area contributed by atoms with E-state index in [1.54, 1.807) is 35.7 Å². The molecule has 0 aliphatic rings. The third kappa shape index (κ3) is 3.32. The molecule has 7 heteroatoms. The van der Waals surface area contributed by atoms with E-state index in [2.05, 4.69) is 4.72 Å². The fourth-order valence-electron chi connectivity index (χ4n) is 2.15. The fourth-order valence-corrected chi connectivity index (χ4v) is 4.26. The number of anilines is 2. The van der Waals surface area contributed by atoms with Crippen LogP contribution in [0, 0.1) is 0 Å². The van der Waals surface area contributed by atoms with Crippen molar-refractivity contribution in [3.05, 3.63) is 76.5 Å². The highest BCUT2D eigenvalue weighted by Crippen LogP contribution is 2.25. The second-order valence-corrected chi connectivity index (χ2v) is 7.52. The lowest BCUT2D eigenvalue weighted by atomic mass is 10.0. The summed E-state index contributed by atoms with van der Waals surface area (Å²) in [6.45, 7) is 0. The second-order valence-electron chi connectivity index (χ2n) is 5.06. The predicted octanol–water partition coefficient (Wildman–Crippen LogP) is 3.36. The summed E-state index contributed by atoms with van der Waals surface area (Å²) in [5.74, 6) is -0.202. The molecule has 24 heavy (non-hydrogen) atoms. The lowest BCUT2D eigenvalue weighted by Gasteiger charge is -2.11. The first-order valence-corrected chi connectivity index (χ1v) is 9.44. The van der Waals surface area contributed by atoms with Gasteiger partial charge in [0, 0.05) is 16.5 Å². The minimum absolute atomic E-state index is 0.159.